The lowest BCUT2D eigenvalue weighted by Gasteiger charge is -2.35. The molecule has 1 aromatic rings. The van der Waals surface area contributed by atoms with E-state index >= 15 is 0 Å². The van der Waals surface area contributed by atoms with E-state index in [1.165, 1.54) is 0 Å². The van der Waals surface area contributed by atoms with Crippen LogP contribution >= 0.6 is 0 Å². The molecule has 0 aromatic heterocycles. The number of aliphatic hydroxyl groups excluding tert-OH is 1. The molecule has 1 aromatic carbocycles. The van der Waals surface area contributed by atoms with Crippen molar-refractivity contribution in [1.82, 2.24) is 4.90 Å². The fourth-order valence-electron chi connectivity index (χ4n) is 2.97. The van der Waals surface area contributed by atoms with Crippen LogP contribution in [0.5, 0.6) is 0 Å². The van der Waals surface area contributed by atoms with Crippen LogP contribution in [0.4, 0.5) is 5.69 Å². The van der Waals surface area contributed by atoms with E-state index in [0.717, 1.165) is 36.9 Å². The van der Waals surface area contributed by atoms with Crippen LogP contribution in [0.2, 0.25) is 0 Å². The Morgan fingerprint density at radius 2 is 2.05 bits per heavy atom. The van der Waals surface area contributed by atoms with Crippen molar-refractivity contribution in [3.63, 3.8) is 0 Å². The summed E-state index contributed by atoms with van der Waals surface area (Å²) >= 11 is 0. The molecular weight excluding hydrogens is 252 g/mol. The predicted molar refractivity (Wildman–Crippen MR) is 81.1 cm³/mol. The summed E-state index contributed by atoms with van der Waals surface area (Å²) in [5.74, 6) is -0.0123. The van der Waals surface area contributed by atoms with Crippen LogP contribution in [0.15, 0.2) is 18.2 Å². The number of aliphatic hydroxyl groups is 1. The molecule has 2 unspecified atom stereocenters. The molecule has 20 heavy (non-hydrogen) atoms. The molecule has 1 aliphatic rings. The number of benzene rings is 1. The first-order valence-corrected chi connectivity index (χ1v) is 7.28. The Balaban J connectivity index is 2.15. The highest BCUT2D eigenvalue weighted by molar-refractivity contribution is 5.95. The standard InChI is InChI=1S/C16H24N2O2/c1-11-10-12(8-9-13(11)17-2)16(20)18(3)14-6-4-5-7-15(14)19/h8-10,14-15,17,19H,4-7H2,1-3H3. The van der Waals surface area contributed by atoms with Crippen LogP contribution < -0.4 is 5.32 Å². The molecule has 2 rings (SSSR count). The molecule has 0 spiro atoms. The maximum absolute atomic E-state index is 12.5. The zero-order valence-electron chi connectivity index (χ0n) is 12.5. The maximum atomic E-state index is 12.5. The Labute approximate surface area is 120 Å². The Hall–Kier alpha value is -1.55. The molecule has 2 N–H and O–H groups in total. The molecule has 2 atom stereocenters. The molecule has 0 heterocycles. The minimum Gasteiger partial charge on any atom is -0.391 e. The summed E-state index contributed by atoms with van der Waals surface area (Å²) in [5.41, 5.74) is 2.76. The van der Waals surface area contributed by atoms with Crippen molar-refractivity contribution in [3.05, 3.63) is 29.3 Å². The number of hydrogen-bond acceptors (Lipinski definition) is 3. The lowest BCUT2D eigenvalue weighted by atomic mass is 9.91. The van der Waals surface area contributed by atoms with Gasteiger partial charge in [0.15, 0.2) is 0 Å². The highest BCUT2D eigenvalue weighted by atomic mass is 16.3. The Kier molecular flexibility index (Phi) is 4.65. The van der Waals surface area contributed by atoms with Crippen LogP contribution in [0.3, 0.4) is 0 Å². The largest absolute Gasteiger partial charge is 0.391 e. The highest BCUT2D eigenvalue weighted by Gasteiger charge is 2.29. The van der Waals surface area contributed by atoms with E-state index in [9.17, 15) is 9.90 Å². The first-order valence-electron chi connectivity index (χ1n) is 7.28. The number of carbonyl (C=O) groups is 1. The first kappa shape index (κ1) is 14.9. The fraction of sp³-hybridized carbons (Fsp3) is 0.562. The summed E-state index contributed by atoms with van der Waals surface area (Å²) in [7, 11) is 3.66. The van der Waals surface area contributed by atoms with Crippen LogP contribution in [0.1, 0.15) is 41.6 Å². The van der Waals surface area contributed by atoms with Gasteiger partial charge in [-0.1, -0.05) is 12.8 Å². The molecule has 1 saturated carbocycles. The van der Waals surface area contributed by atoms with Gasteiger partial charge < -0.3 is 15.3 Å². The van der Waals surface area contributed by atoms with Crippen molar-refractivity contribution in [2.24, 2.45) is 0 Å². The Morgan fingerprint density at radius 3 is 2.65 bits per heavy atom. The van der Waals surface area contributed by atoms with Gasteiger partial charge in [0.2, 0.25) is 0 Å². The molecular formula is C16H24N2O2. The summed E-state index contributed by atoms with van der Waals surface area (Å²) in [4.78, 5) is 14.2. The van der Waals surface area contributed by atoms with Crippen LogP contribution in [-0.4, -0.2) is 42.2 Å². The highest BCUT2D eigenvalue weighted by Crippen LogP contribution is 2.24. The summed E-state index contributed by atoms with van der Waals surface area (Å²) in [6, 6.07) is 5.61. The van der Waals surface area contributed by atoms with E-state index in [1.807, 2.05) is 32.2 Å². The molecule has 0 saturated heterocycles. The first-order chi connectivity index (χ1) is 9.54. The minimum absolute atomic E-state index is 0.0123. The normalized spacial score (nSPS) is 22.4. The molecule has 1 aliphatic carbocycles. The maximum Gasteiger partial charge on any atom is 0.253 e. The van der Waals surface area contributed by atoms with Gasteiger partial charge in [-0.15, -0.1) is 0 Å². The Bertz CT molecular complexity index is 487. The SMILES string of the molecule is CNc1ccc(C(=O)N(C)C2CCCCC2O)cc1C. The van der Waals surface area contributed by atoms with Gasteiger partial charge in [-0.3, -0.25) is 4.79 Å². The smallest absolute Gasteiger partial charge is 0.253 e. The number of likely N-dealkylation sites (N-methyl/N-ethyl adjacent to an activating group) is 1. The van der Waals surface area contributed by atoms with Crippen LogP contribution in [0.25, 0.3) is 0 Å². The van der Waals surface area contributed by atoms with Gasteiger partial charge in [0, 0.05) is 25.3 Å². The van der Waals surface area contributed by atoms with Gasteiger partial charge in [0.1, 0.15) is 0 Å². The molecule has 1 fully saturated rings. The molecule has 0 bridgehead atoms. The zero-order chi connectivity index (χ0) is 14.7. The fourth-order valence-corrected chi connectivity index (χ4v) is 2.97. The number of anilines is 1. The second-order valence-corrected chi connectivity index (χ2v) is 5.61. The van der Waals surface area contributed by atoms with Crippen LogP contribution in [0, 0.1) is 6.92 Å². The number of amides is 1. The summed E-state index contributed by atoms with van der Waals surface area (Å²) in [5, 5.41) is 13.2. The van der Waals surface area contributed by atoms with Gasteiger partial charge in [0.05, 0.1) is 12.1 Å². The number of hydrogen-bond donors (Lipinski definition) is 2. The van der Waals surface area contributed by atoms with Crippen molar-refractivity contribution in [2.45, 2.75) is 44.8 Å². The van der Waals surface area contributed by atoms with Crippen molar-refractivity contribution in [2.75, 3.05) is 19.4 Å². The van der Waals surface area contributed by atoms with E-state index in [4.69, 9.17) is 0 Å². The minimum atomic E-state index is -0.393. The average Bonchev–Trinajstić information content (AvgIpc) is 2.46. The zero-order valence-corrected chi connectivity index (χ0v) is 12.5. The third-order valence-electron chi connectivity index (χ3n) is 4.25. The van der Waals surface area contributed by atoms with E-state index in [-0.39, 0.29) is 11.9 Å². The molecule has 0 aliphatic heterocycles. The third-order valence-corrected chi connectivity index (χ3v) is 4.25. The quantitative estimate of drug-likeness (QED) is 0.891. The molecule has 1 amide bonds. The van der Waals surface area contributed by atoms with Crippen molar-refractivity contribution >= 4 is 11.6 Å². The number of rotatable bonds is 3. The van der Waals surface area contributed by atoms with Crippen LogP contribution in [-0.2, 0) is 0 Å². The molecule has 4 heteroatoms. The van der Waals surface area contributed by atoms with Gasteiger partial charge in [0.25, 0.3) is 5.91 Å². The van der Waals surface area contributed by atoms with E-state index in [2.05, 4.69) is 5.32 Å². The summed E-state index contributed by atoms with van der Waals surface area (Å²) in [6.07, 6.45) is 3.42. The number of carbonyl (C=O) groups excluding carboxylic acids is 1. The van der Waals surface area contributed by atoms with Crippen molar-refractivity contribution in [1.29, 1.82) is 0 Å². The second kappa shape index (κ2) is 6.27. The monoisotopic (exact) mass is 276 g/mol. The number of nitrogens with zero attached hydrogens (tertiary/aromatic N) is 1. The van der Waals surface area contributed by atoms with Gasteiger partial charge in [-0.05, 0) is 43.5 Å². The third kappa shape index (κ3) is 2.96. The van der Waals surface area contributed by atoms with Crippen molar-refractivity contribution in [3.8, 4) is 0 Å². The van der Waals surface area contributed by atoms with Gasteiger partial charge in [-0.2, -0.15) is 0 Å². The lowest BCUT2D eigenvalue weighted by molar-refractivity contribution is 0.0268. The van der Waals surface area contributed by atoms with E-state index < -0.39 is 6.10 Å². The lowest BCUT2D eigenvalue weighted by Crippen LogP contribution is -2.46. The second-order valence-electron chi connectivity index (χ2n) is 5.61. The number of aryl methyl sites for hydroxylation is 1. The molecule has 4 nitrogen and oxygen atoms in total. The topological polar surface area (TPSA) is 52.6 Å². The molecule has 110 valence electrons. The van der Waals surface area contributed by atoms with Crippen molar-refractivity contribution < 1.29 is 9.90 Å². The summed E-state index contributed by atoms with van der Waals surface area (Å²) in [6.45, 7) is 1.98. The van der Waals surface area contributed by atoms with Gasteiger partial charge in [-0.25, -0.2) is 0 Å². The van der Waals surface area contributed by atoms with E-state index in [1.54, 1.807) is 11.9 Å². The Morgan fingerprint density at radius 1 is 1.35 bits per heavy atom. The average molecular weight is 276 g/mol. The summed E-state index contributed by atoms with van der Waals surface area (Å²) < 4.78 is 0. The molecule has 0 radical (unpaired) electrons. The predicted octanol–water partition coefficient (Wildman–Crippen LogP) is 2.41. The number of nitrogens with one attached hydrogen (secondary N) is 1. The van der Waals surface area contributed by atoms with E-state index in [0.29, 0.717) is 5.56 Å². The van der Waals surface area contributed by atoms with Gasteiger partial charge >= 0.3 is 0 Å².